The van der Waals surface area contributed by atoms with E-state index in [4.69, 9.17) is 5.11 Å². The molecule has 0 aromatic heterocycles. The fourth-order valence-corrected chi connectivity index (χ4v) is 3.23. The van der Waals surface area contributed by atoms with Gasteiger partial charge in [0.25, 0.3) is 10.2 Å². The molecule has 1 aliphatic rings. The smallest absolute Gasteiger partial charge is 0.318 e. The van der Waals surface area contributed by atoms with Crippen molar-refractivity contribution in [2.24, 2.45) is 0 Å². The first kappa shape index (κ1) is 13.1. The molecular formula is C9H16N2O4S. The molecule has 1 saturated heterocycles. The zero-order valence-corrected chi connectivity index (χ0v) is 9.82. The van der Waals surface area contributed by atoms with E-state index >= 15 is 0 Å². The topological polar surface area (TPSA) is 77.9 Å². The largest absolute Gasteiger partial charge is 0.480 e. The first-order valence-electron chi connectivity index (χ1n) is 5.06. The Hall–Kier alpha value is -0.920. The highest BCUT2D eigenvalue weighted by atomic mass is 32.2. The summed E-state index contributed by atoms with van der Waals surface area (Å²) < 4.78 is 26.2. The average Bonchev–Trinajstić information content (AvgIpc) is 2.69. The average molecular weight is 248 g/mol. The van der Waals surface area contributed by atoms with Gasteiger partial charge >= 0.3 is 5.97 Å². The third-order valence-electron chi connectivity index (χ3n) is 2.36. The van der Waals surface area contributed by atoms with Crippen molar-refractivity contribution in [1.82, 2.24) is 8.61 Å². The van der Waals surface area contributed by atoms with Gasteiger partial charge < -0.3 is 5.11 Å². The Bertz CT molecular complexity index is 360. The molecule has 0 aromatic carbocycles. The van der Waals surface area contributed by atoms with Crippen LogP contribution in [0.5, 0.6) is 0 Å². The summed E-state index contributed by atoms with van der Waals surface area (Å²) in [5, 5.41) is 8.66. The van der Waals surface area contributed by atoms with Gasteiger partial charge in [-0.05, 0) is 12.8 Å². The third-order valence-corrected chi connectivity index (χ3v) is 4.31. The molecule has 1 aliphatic heterocycles. The molecule has 0 saturated carbocycles. The van der Waals surface area contributed by atoms with Crippen LogP contribution in [-0.4, -0.2) is 54.3 Å². The molecule has 1 rings (SSSR count). The van der Waals surface area contributed by atoms with Crippen LogP contribution in [0.2, 0.25) is 0 Å². The number of hydrogen-bond acceptors (Lipinski definition) is 3. The Labute approximate surface area is 95.3 Å². The second-order valence-corrected chi connectivity index (χ2v) is 5.52. The van der Waals surface area contributed by atoms with Gasteiger partial charge in [-0.25, -0.2) is 0 Å². The van der Waals surface area contributed by atoms with Crippen molar-refractivity contribution in [1.29, 1.82) is 0 Å². The zero-order chi connectivity index (χ0) is 12.2. The highest BCUT2D eigenvalue weighted by molar-refractivity contribution is 7.86. The first-order valence-corrected chi connectivity index (χ1v) is 6.46. The van der Waals surface area contributed by atoms with Crippen molar-refractivity contribution in [2.75, 3.05) is 26.2 Å². The number of carboxylic acids is 1. The molecule has 7 heteroatoms. The van der Waals surface area contributed by atoms with E-state index in [1.807, 2.05) is 0 Å². The molecule has 0 aromatic rings. The lowest BCUT2D eigenvalue weighted by atomic mass is 10.4. The van der Waals surface area contributed by atoms with Crippen molar-refractivity contribution in [3.8, 4) is 0 Å². The van der Waals surface area contributed by atoms with Crippen molar-refractivity contribution in [3.63, 3.8) is 0 Å². The maximum Gasteiger partial charge on any atom is 0.318 e. The van der Waals surface area contributed by atoms with Gasteiger partial charge in [-0.1, -0.05) is 6.08 Å². The summed E-state index contributed by atoms with van der Waals surface area (Å²) in [5.41, 5.74) is 0. The Balaban J connectivity index is 2.82. The lowest BCUT2D eigenvalue weighted by molar-refractivity contribution is -0.137. The third kappa shape index (κ3) is 3.03. The number of nitrogens with zero attached hydrogens (tertiary/aromatic N) is 2. The van der Waals surface area contributed by atoms with Gasteiger partial charge in [-0.3, -0.25) is 4.79 Å². The van der Waals surface area contributed by atoms with Crippen LogP contribution in [0.15, 0.2) is 12.7 Å². The van der Waals surface area contributed by atoms with Crippen molar-refractivity contribution in [2.45, 2.75) is 12.8 Å². The maximum absolute atomic E-state index is 12.0. The zero-order valence-electron chi connectivity index (χ0n) is 9.00. The fourth-order valence-electron chi connectivity index (χ4n) is 1.62. The number of carboxylic acid groups (broad SMARTS) is 1. The number of hydrogen-bond donors (Lipinski definition) is 1. The van der Waals surface area contributed by atoms with E-state index in [-0.39, 0.29) is 6.54 Å². The molecule has 92 valence electrons. The molecule has 0 bridgehead atoms. The van der Waals surface area contributed by atoms with Crippen LogP contribution in [0.1, 0.15) is 12.8 Å². The van der Waals surface area contributed by atoms with Crippen LogP contribution in [0.4, 0.5) is 0 Å². The highest BCUT2D eigenvalue weighted by Gasteiger charge is 2.31. The molecule has 0 unspecified atom stereocenters. The summed E-state index contributed by atoms with van der Waals surface area (Å²) >= 11 is 0. The molecule has 0 spiro atoms. The lowest BCUT2D eigenvalue weighted by Gasteiger charge is -2.24. The molecule has 16 heavy (non-hydrogen) atoms. The normalized spacial score (nSPS) is 17.8. The van der Waals surface area contributed by atoms with Crippen LogP contribution < -0.4 is 0 Å². The van der Waals surface area contributed by atoms with Crippen molar-refractivity contribution < 1.29 is 18.3 Å². The van der Waals surface area contributed by atoms with E-state index in [2.05, 4.69) is 6.58 Å². The minimum absolute atomic E-state index is 0.0190. The number of rotatable bonds is 6. The van der Waals surface area contributed by atoms with Gasteiger partial charge in [-0.2, -0.15) is 17.0 Å². The SMILES string of the molecule is C=CCN(CC(=O)O)S(=O)(=O)N1CCCC1. The molecule has 1 fully saturated rings. The summed E-state index contributed by atoms with van der Waals surface area (Å²) in [7, 11) is -3.64. The quantitative estimate of drug-likeness (QED) is 0.666. The molecule has 0 atom stereocenters. The summed E-state index contributed by atoms with van der Waals surface area (Å²) in [5.74, 6) is -1.16. The molecule has 0 amide bonds. The maximum atomic E-state index is 12.0. The lowest BCUT2D eigenvalue weighted by Crippen LogP contribution is -2.44. The van der Waals surface area contributed by atoms with E-state index in [1.165, 1.54) is 10.4 Å². The Morgan fingerprint density at radius 2 is 2.00 bits per heavy atom. The van der Waals surface area contributed by atoms with E-state index < -0.39 is 22.7 Å². The highest BCUT2D eigenvalue weighted by Crippen LogP contribution is 2.16. The summed E-state index contributed by atoms with van der Waals surface area (Å²) in [6.07, 6.45) is 3.04. The molecule has 6 nitrogen and oxygen atoms in total. The number of carbonyl (C=O) groups is 1. The van der Waals surface area contributed by atoms with Gasteiger partial charge in [0.2, 0.25) is 0 Å². The predicted molar refractivity (Wildman–Crippen MR) is 59.1 cm³/mol. The van der Waals surface area contributed by atoms with Crippen LogP contribution in [0.25, 0.3) is 0 Å². The van der Waals surface area contributed by atoms with Gasteiger partial charge in [0.05, 0.1) is 0 Å². The van der Waals surface area contributed by atoms with Crippen LogP contribution in [0.3, 0.4) is 0 Å². The summed E-state index contributed by atoms with van der Waals surface area (Å²) in [6.45, 7) is 3.86. The van der Waals surface area contributed by atoms with E-state index in [1.54, 1.807) is 0 Å². The van der Waals surface area contributed by atoms with Gasteiger partial charge in [0.1, 0.15) is 6.54 Å². The molecule has 1 heterocycles. The molecule has 1 N–H and O–H groups in total. The van der Waals surface area contributed by atoms with E-state index in [0.29, 0.717) is 13.1 Å². The second-order valence-electron chi connectivity index (χ2n) is 3.59. The van der Waals surface area contributed by atoms with Crippen molar-refractivity contribution in [3.05, 3.63) is 12.7 Å². The molecule has 0 aliphatic carbocycles. The predicted octanol–water partition coefficient (Wildman–Crippen LogP) is -0.100. The second kappa shape index (κ2) is 5.42. The molecular weight excluding hydrogens is 232 g/mol. The van der Waals surface area contributed by atoms with Gasteiger partial charge in [-0.15, -0.1) is 6.58 Å². The van der Waals surface area contributed by atoms with Crippen LogP contribution >= 0.6 is 0 Å². The summed E-state index contributed by atoms with van der Waals surface area (Å²) in [4.78, 5) is 10.6. The Morgan fingerprint density at radius 3 is 2.44 bits per heavy atom. The Morgan fingerprint density at radius 1 is 1.44 bits per heavy atom. The monoisotopic (exact) mass is 248 g/mol. The minimum atomic E-state index is -3.64. The van der Waals surface area contributed by atoms with Crippen LogP contribution in [0, 0.1) is 0 Å². The van der Waals surface area contributed by atoms with Gasteiger partial charge in [0, 0.05) is 19.6 Å². The van der Waals surface area contributed by atoms with Gasteiger partial charge in [0.15, 0.2) is 0 Å². The fraction of sp³-hybridized carbons (Fsp3) is 0.667. The van der Waals surface area contributed by atoms with E-state index in [0.717, 1.165) is 17.1 Å². The Kier molecular flexibility index (Phi) is 4.45. The summed E-state index contributed by atoms with van der Waals surface area (Å²) in [6, 6.07) is 0. The van der Waals surface area contributed by atoms with Crippen LogP contribution in [-0.2, 0) is 15.0 Å². The minimum Gasteiger partial charge on any atom is -0.480 e. The van der Waals surface area contributed by atoms with Crippen molar-refractivity contribution >= 4 is 16.2 Å². The van der Waals surface area contributed by atoms with E-state index in [9.17, 15) is 13.2 Å². The first-order chi connectivity index (χ1) is 7.48. The molecule has 0 radical (unpaired) electrons. The standard InChI is InChI=1S/C9H16N2O4S/c1-2-5-11(8-9(12)13)16(14,15)10-6-3-4-7-10/h2H,1,3-8H2,(H,12,13). The number of aliphatic carboxylic acids is 1.